The molecule has 4 aromatic rings. The monoisotopic (exact) mass is 504 g/mol. The Morgan fingerprint density at radius 1 is 1.03 bits per heavy atom. The van der Waals surface area contributed by atoms with Crippen molar-refractivity contribution >= 4 is 22.6 Å². The highest BCUT2D eigenvalue weighted by Crippen LogP contribution is 2.36. The van der Waals surface area contributed by atoms with Crippen LogP contribution >= 0.6 is 0 Å². The molecular weight excluding hydrogens is 485 g/mol. The Labute approximate surface area is 201 Å². The van der Waals surface area contributed by atoms with Crippen LogP contribution in [-0.4, -0.2) is 57.9 Å². The van der Waals surface area contributed by atoms with Gasteiger partial charge in [0.2, 0.25) is 5.88 Å². The molecule has 3 aromatic heterocycles. The number of amides is 1. The predicted octanol–water partition coefficient (Wildman–Crippen LogP) is 3.76. The quantitative estimate of drug-likeness (QED) is 0.382. The number of pyridine rings is 1. The van der Waals surface area contributed by atoms with E-state index >= 15 is 0 Å². The van der Waals surface area contributed by atoms with Crippen LogP contribution < -0.4 is 24.3 Å². The summed E-state index contributed by atoms with van der Waals surface area (Å²) in [4.78, 5) is 16.8. The zero-order valence-corrected chi connectivity index (χ0v) is 19.2. The second-order valence-electron chi connectivity index (χ2n) is 7.27. The van der Waals surface area contributed by atoms with Gasteiger partial charge in [-0.05, 0) is 18.2 Å². The summed E-state index contributed by atoms with van der Waals surface area (Å²) >= 11 is 0. The summed E-state index contributed by atoms with van der Waals surface area (Å²) in [6.07, 6.45) is -1.86. The lowest BCUT2D eigenvalue weighted by atomic mass is 10.2. The number of methoxy groups -OCH3 is 2. The minimum atomic E-state index is -4.57. The van der Waals surface area contributed by atoms with Gasteiger partial charge in [0.25, 0.3) is 5.91 Å². The number of fused-ring (bicyclic) bond motifs is 1. The van der Waals surface area contributed by atoms with Gasteiger partial charge in [0, 0.05) is 30.8 Å². The summed E-state index contributed by atoms with van der Waals surface area (Å²) in [6, 6.07) is 7.91. The first-order chi connectivity index (χ1) is 17.2. The molecule has 0 aliphatic carbocycles. The molecule has 0 bridgehead atoms. The van der Waals surface area contributed by atoms with Crippen LogP contribution in [0.25, 0.3) is 10.9 Å². The van der Waals surface area contributed by atoms with Crippen LogP contribution in [-0.2, 0) is 7.05 Å². The number of aryl methyl sites for hydroxylation is 1. The number of rotatable bonds is 8. The second-order valence-corrected chi connectivity index (χ2v) is 7.27. The van der Waals surface area contributed by atoms with Gasteiger partial charge in [-0.25, -0.2) is 0 Å². The highest BCUT2D eigenvalue weighted by Gasteiger charge is 2.30. The molecule has 0 radical (unpaired) electrons. The molecule has 0 saturated heterocycles. The Kier molecular flexibility index (Phi) is 6.76. The zero-order valence-electron chi connectivity index (χ0n) is 19.2. The molecule has 0 saturated carbocycles. The summed E-state index contributed by atoms with van der Waals surface area (Å²) in [5, 5.41) is 14.7. The molecule has 0 fully saturated rings. The fraction of sp³-hybridized carbons (Fsp3) is 0.227. The second kappa shape index (κ2) is 9.93. The van der Waals surface area contributed by atoms with Crippen molar-refractivity contribution in [3.63, 3.8) is 0 Å². The van der Waals surface area contributed by atoms with E-state index in [-0.39, 0.29) is 23.1 Å². The number of alkyl halides is 3. The first-order valence-electron chi connectivity index (χ1n) is 10.2. The van der Waals surface area contributed by atoms with Crippen molar-refractivity contribution in [2.75, 3.05) is 26.1 Å². The summed E-state index contributed by atoms with van der Waals surface area (Å²) in [7, 11) is 4.47. The highest BCUT2D eigenvalue weighted by atomic mass is 19.4. The van der Waals surface area contributed by atoms with Crippen LogP contribution in [0.2, 0.25) is 0 Å². The third-order valence-electron chi connectivity index (χ3n) is 4.70. The molecule has 188 valence electrons. The molecule has 0 spiro atoms. The van der Waals surface area contributed by atoms with Gasteiger partial charge in [0.1, 0.15) is 5.75 Å². The van der Waals surface area contributed by atoms with Gasteiger partial charge >= 0.3 is 6.18 Å². The largest absolute Gasteiger partial charge is 0.493 e. The van der Waals surface area contributed by atoms with Crippen molar-refractivity contribution in [3.8, 4) is 28.9 Å². The first-order valence-corrected chi connectivity index (χ1v) is 10.2. The molecule has 1 amide bonds. The number of ether oxygens (including phenoxy) is 4. The highest BCUT2D eigenvalue weighted by molar-refractivity contribution is 6.04. The van der Waals surface area contributed by atoms with Crippen molar-refractivity contribution < 1.29 is 36.9 Å². The van der Waals surface area contributed by atoms with E-state index in [1.165, 1.54) is 33.4 Å². The average molecular weight is 504 g/mol. The Bertz CT molecular complexity index is 1390. The molecule has 0 aliphatic rings. The Balaban J connectivity index is 1.49. The number of anilines is 1. The van der Waals surface area contributed by atoms with E-state index in [2.05, 4.69) is 30.3 Å². The summed E-state index contributed by atoms with van der Waals surface area (Å²) in [5.41, 5.74) is 0.261. The molecular formula is C22H19F3N6O5. The topological polar surface area (TPSA) is 123 Å². The molecule has 0 unspecified atom stereocenters. The number of nitrogens with one attached hydrogen (secondary N) is 1. The van der Waals surface area contributed by atoms with Gasteiger partial charge in [-0.15, -0.1) is 10.2 Å². The number of aromatic nitrogens is 5. The molecule has 1 aromatic carbocycles. The summed E-state index contributed by atoms with van der Waals surface area (Å²) < 4.78 is 59.7. The van der Waals surface area contributed by atoms with Crippen LogP contribution in [0.15, 0.2) is 42.7 Å². The number of benzene rings is 1. The van der Waals surface area contributed by atoms with Gasteiger partial charge in [-0.3, -0.25) is 14.5 Å². The first kappa shape index (κ1) is 24.5. The lowest BCUT2D eigenvalue weighted by Crippen LogP contribution is -2.21. The normalized spacial score (nSPS) is 11.3. The third-order valence-corrected chi connectivity index (χ3v) is 4.70. The number of carbonyl (C=O) groups is 1. The van der Waals surface area contributed by atoms with Gasteiger partial charge in [-0.2, -0.15) is 18.3 Å². The maximum atomic E-state index is 12.5. The molecule has 14 heteroatoms. The van der Waals surface area contributed by atoms with E-state index in [9.17, 15) is 18.0 Å². The number of hydrogen-bond acceptors (Lipinski definition) is 9. The third kappa shape index (κ3) is 5.54. The maximum Gasteiger partial charge on any atom is 0.422 e. The van der Waals surface area contributed by atoms with E-state index in [1.807, 2.05) is 0 Å². The van der Waals surface area contributed by atoms with Crippen molar-refractivity contribution in [2.45, 2.75) is 6.18 Å². The van der Waals surface area contributed by atoms with Crippen molar-refractivity contribution in [3.05, 3.63) is 48.4 Å². The molecule has 0 aliphatic heterocycles. The van der Waals surface area contributed by atoms with E-state index in [0.29, 0.717) is 28.2 Å². The average Bonchev–Trinajstić information content (AvgIpc) is 3.23. The number of hydrogen-bond donors (Lipinski definition) is 1. The minimum absolute atomic E-state index is 0.0192. The molecule has 0 atom stereocenters. The van der Waals surface area contributed by atoms with Gasteiger partial charge in [0.15, 0.2) is 35.4 Å². The summed E-state index contributed by atoms with van der Waals surface area (Å²) in [6.45, 7) is -1.56. The molecule has 36 heavy (non-hydrogen) atoms. The lowest BCUT2D eigenvalue weighted by Gasteiger charge is -2.12. The number of carbonyl (C=O) groups excluding carboxylic acids is 1. The van der Waals surface area contributed by atoms with E-state index in [4.69, 9.17) is 14.2 Å². The van der Waals surface area contributed by atoms with Gasteiger partial charge < -0.3 is 24.3 Å². The fourth-order valence-corrected chi connectivity index (χ4v) is 3.16. The van der Waals surface area contributed by atoms with Crippen LogP contribution in [0.1, 0.15) is 10.5 Å². The predicted molar refractivity (Wildman–Crippen MR) is 120 cm³/mol. The zero-order chi connectivity index (χ0) is 25.9. The van der Waals surface area contributed by atoms with Crippen LogP contribution in [0, 0.1) is 0 Å². The number of nitrogens with zero attached hydrogens (tertiary/aromatic N) is 5. The van der Waals surface area contributed by atoms with E-state index in [1.54, 1.807) is 24.4 Å². The van der Waals surface area contributed by atoms with Crippen LogP contribution in [0.3, 0.4) is 0 Å². The van der Waals surface area contributed by atoms with Crippen molar-refractivity contribution in [1.82, 2.24) is 25.0 Å². The molecule has 1 N–H and O–H groups in total. The lowest BCUT2D eigenvalue weighted by molar-refractivity contribution is -0.153. The fourth-order valence-electron chi connectivity index (χ4n) is 3.16. The van der Waals surface area contributed by atoms with Crippen LogP contribution in [0.4, 0.5) is 19.0 Å². The van der Waals surface area contributed by atoms with E-state index in [0.717, 1.165) is 10.9 Å². The smallest absolute Gasteiger partial charge is 0.422 e. The van der Waals surface area contributed by atoms with Gasteiger partial charge in [0.05, 0.1) is 25.9 Å². The number of halogens is 3. The Morgan fingerprint density at radius 3 is 2.44 bits per heavy atom. The van der Waals surface area contributed by atoms with Crippen molar-refractivity contribution in [2.24, 2.45) is 7.05 Å². The summed E-state index contributed by atoms with van der Waals surface area (Å²) in [5.74, 6) is 0.406. The van der Waals surface area contributed by atoms with Gasteiger partial charge in [-0.1, -0.05) is 0 Å². The maximum absolute atomic E-state index is 12.5. The molecule has 4 rings (SSSR count). The SMILES string of the molecule is COc1cc2nccc(Oc3ccc(NC(=O)c4nn(C)cc4OCC(F)(F)F)nn3)c2cc1OC. The standard InChI is InChI=1S/C22H19F3N6O5/c1-31-10-17(35-11-22(23,24)25)20(30-31)21(32)27-18-4-5-19(29-28-18)36-14-6-7-26-13-9-16(34-3)15(33-2)8-12(13)14/h4-10H,11H2,1-3H3,(H,27,28,32). The molecule has 3 heterocycles. The van der Waals surface area contributed by atoms with E-state index < -0.39 is 18.7 Å². The molecule has 11 nitrogen and oxygen atoms in total. The van der Waals surface area contributed by atoms with Crippen molar-refractivity contribution in [1.29, 1.82) is 0 Å². The van der Waals surface area contributed by atoms with Crippen LogP contribution in [0.5, 0.6) is 28.9 Å². The Morgan fingerprint density at radius 2 is 1.78 bits per heavy atom. The minimum Gasteiger partial charge on any atom is -0.493 e. The Hall–Kier alpha value is -4.62.